The number of nitrogens with one attached hydrogen (secondary N) is 1. The summed E-state index contributed by atoms with van der Waals surface area (Å²) < 4.78 is 2.10. The molecule has 1 N–H and O–H groups in total. The zero-order chi connectivity index (χ0) is 10.7. The predicted molar refractivity (Wildman–Crippen MR) is 64.2 cm³/mol. The second kappa shape index (κ2) is 5.03. The van der Waals surface area contributed by atoms with Crippen LogP contribution in [0.15, 0.2) is 17.6 Å². The van der Waals surface area contributed by atoms with Crippen molar-refractivity contribution in [2.75, 3.05) is 6.54 Å². The van der Waals surface area contributed by atoms with Gasteiger partial charge >= 0.3 is 0 Å². The molecule has 0 amide bonds. The number of imidazole rings is 1. The lowest BCUT2D eigenvalue weighted by atomic mass is 10.2. The maximum atomic E-state index is 4.36. The van der Waals surface area contributed by atoms with E-state index in [-0.39, 0.29) is 0 Å². The van der Waals surface area contributed by atoms with Gasteiger partial charge in [-0.3, -0.25) is 0 Å². The van der Waals surface area contributed by atoms with Crippen LogP contribution in [0.5, 0.6) is 0 Å². The molecule has 3 nitrogen and oxygen atoms in total. The molecular formula is C11H19N3S. The molecule has 1 saturated carbocycles. The van der Waals surface area contributed by atoms with Crippen LogP contribution in [-0.4, -0.2) is 27.4 Å². The zero-order valence-electron chi connectivity index (χ0n) is 9.44. The third-order valence-electron chi connectivity index (χ3n) is 2.93. The SMILES string of the molecule is CCNC1CCC(Sc2nccn2C)C1. The predicted octanol–water partition coefficient (Wildman–Crippen LogP) is 2.04. The standard InChI is InChI=1S/C11H19N3S/c1-3-12-9-4-5-10(8-9)15-11-13-6-7-14(11)2/h6-7,9-10,12H,3-5,8H2,1-2H3. The summed E-state index contributed by atoms with van der Waals surface area (Å²) >= 11 is 1.93. The van der Waals surface area contributed by atoms with Crippen LogP contribution in [0.3, 0.4) is 0 Å². The first-order valence-corrected chi connectivity index (χ1v) is 6.55. The number of hydrogen-bond acceptors (Lipinski definition) is 3. The van der Waals surface area contributed by atoms with Crippen LogP contribution in [-0.2, 0) is 7.05 Å². The minimum atomic E-state index is 0.729. The van der Waals surface area contributed by atoms with Crippen molar-refractivity contribution in [1.29, 1.82) is 0 Å². The monoisotopic (exact) mass is 225 g/mol. The summed E-state index contributed by atoms with van der Waals surface area (Å²) in [6.07, 6.45) is 7.80. The highest BCUT2D eigenvalue weighted by Gasteiger charge is 2.25. The Hall–Kier alpha value is -0.480. The van der Waals surface area contributed by atoms with Crippen molar-refractivity contribution in [3.8, 4) is 0 Å². The fourth-order valence-corrected chi connectivity index (χ4v) is 3.37. The van der Waals surface area contributed by atoms with E-state index < -0.39 is 0 Å². The van der Waals surface area contributed by atoms with E-state index in [9.17, 15) is 0 Å². The summed E-state index contributed by atoms with van der Waals surface area (Å²) in [7, 11) is 2.06. The number of rotatable bonds is 4. The van der Waals surface area contributed by atoms with E-state index in [1.54, 1.807) is 0 Å². The molecule has 1 aromatic rings. The summed E-state index contributed by atoms with van der Waals surface area (Å²) in [5, 5.41) is 5.42. The van der Waals surface area contributed by atoms with E-state index in [0.717, 1.165) is 23.0 Å². The minimum absolute atomic E-state index is 0.729. The summed E-state index contributed by atoms with van der Waals surface area (Å²) in [4.78, 5) is 4.36. The Kier molecular flexibility index (Phi) is 3.70. The van der Waals surface area contributed by atoms with Gasteiger partial charge in [0.2, 0.25) is 0 Å². The molecule has 0 saturated heterocycles. The number of thioether (sulfide) groups is 1. The van der Waals surface area contributed by atoms with Crippen molar-refractivity contribution in [3.05, 3.63) is 12.4 Å². The Bertz CT molecular complexity index is 311. The number of nitrogens with zero attached hydrogens (tertiary/aromatic N) is 2. The summed E-state index contributed by atoms with van der Waals surface area (Å²) in [6, 6.07) is 0.729. The van der Waals surface area contributed by atoms with Crippen molar-refractivity contribution in [2.24, 2.45) is 7.05 Å². The van der Waals surface area contributed by atoms with Gasteiger partial charge in [-0.1, -0.05) is 18.7 Å². The molecule has 2 atom stereocenters. The Morgan fingerprint density at radius 3 is 3.13 bits per heavy atom. The first-order chi connectivity index (χ1) is 7.29. The Balaban J connectivity index is 1.85. The molecule has 1 heterocycles. The average Bonchev–Trinajstić information content (AvgIpc) is 2.79. The molecule has 0 spiro atoms. The van der Waals surface area contributed by atoms with Gasteiger partial charge in [0.25, 0.3) is 0 Å². The van der Waals surface area contributed by atoms with Crippen molar-refractivity contribution < 1.29 is 0 Å². The molecule has 1 fully saturated rings. The first kappa shape index (κ1) is 11.0. The molecule has 2 unspecified atom stereocenters. The number of aromatic nitrogens is 2. The largest absolute Gasteiger partial charge is 0.329 e. The molecule has 0 bridgehead atoms. The quantitative estimate of drug-likeness (QED) is 0.850. The average molecular weight is 225 g/mol. The van der Waals surface area contributed by atoms with Crippen molar-refractivity contribution >= 4 is 11.8 Å². The summed E-state index contributed by atoms with van der Waals surface area (Å²) in [6.45, 7) is 3.27. The summed E-state index contributed by atoms with van der Waals surface area (Å²) in [5.41, 5.74) is 0. The highest BCUT2D eigenvalue weighted by molar-refractivity contribution is 7.99. The molecule has 0 aliphatic heterocycles. The number of hydrogen-bond donors (Lipinski definition) is 1. The zero-order valence-corrected chi connectivity index (χ0v) is 10.3. The third-order valence-corrected chi connectivity index (χ3v) is 4.29. The maximum absolute atomic E-state index is 4.36. The topological polar surface area (TPSA) is 29.9 Å². The van der Waals surface area contributed by atoms with Gasteiger partial charge in [-0.2, -0.15) is 0 Å². The van der Waals surface area contributed by atoms with Gasteiger partial charge in [-0.25, -0.2) is 4.98 Å². The molecule has 0 radical (unpaired) electrons. The Labute approximate surface area is 95.7 Å². The first-order valence-electron chi connectivity index (χ1n) is 5.67. The lowest BCUT2D eigenvalue weighted by Gasteiger charge is -2.11. The lowest BCUT2D eigenvalue weighted by Crippen LogP contribution is -2.26. The van der Waals surface area contributed by atoms with E-state index >= 15 is 0 Å². The molecule has 0 aromatic carbocycles. The second-order valence-corrected chi connectivity index (χ2v) is 5.40. The Morgan fingerprint density at radius 1 is 1.60 bits per heavy atom. The highest BCUT2D eigenvalue weighted by Crippen LogP contribution is 2.33. The highest BCUT2D eigenvalue weighted by atomic mass is 32.2. The molecule has 1 aliphatic carbocycles. The van der Waals surface area contributed by atoms with Crippen LogP contribution in [0, 0.1) is 0 Å². The van der Waals surface area contributed by atoms with Crippen LogP contribution >= 0.6 is 11.8 Å². The van der Waals surface area contributed by atoms with E-state index in [0.29, 0.717) is 0 Å². The molecule has 1 aliphatic rings. The van der Waals surface area contributed by atoms with E-state index in [2.05, 4.69) is 28.8 Å². The maximum Gasteiger partial charge on any atom is 0.167 e. The normalized spacial score (nSPS) is 26.0. The van der Waals surface area contributed by atoms with Crippen molar-refractivity contribution in [2.45, 2.75) is 42.6 Å². The molecule has 2 rings (SSSR count). The van der Waals surface area contributed by atoms with Crippen LogP contribution in [0.2, 0.25) is 0 Å². The second-order valence-electron chi connectivity index (χ2n) is 4.13. The van der Waals surface area contributed by atoms with Crippen LogP contribution < -0.4 is 5.32 Å². The fourth-order valence-electron chi connectivity index (χ4n) is 2.14. The van der Waals surface area contributed by atoms with E-state index in [1.807, 2.05) is 24.2 Å². The van der Waals surface area contributed by atoms with Crippen LogP contribution in [0.1, 0.15) is 26.2 Å². The van der Waals surface area contributed by atoms with Gasteiger partial charge in [0.1, 0.15) is 0 Å². The molecule has 1 aromatic heterocycles. The van der Waals surface area contributed by atoms with Gasteiger partial charge in [0, 0.05) is 30.7 Å². The van der Waals surface area contributed by atoms with Crippen molar-refractivity contribution in [3.63, 3.8) is 0 Å². The van der Waals surface area contributed by atoms with Gasteiger partial charge in [0.15, 0.2) is 5.16 Å². The van der Waals surface area contributed by atoms with Crippen molar-refractivity contribution in [1.82, 2.24) is 14.9 Å². The van der Waals surface area contributed by atoms with Gasteiger partial charge in [0.05, 0.1) is 0 Å². The number of aryl methyl sites for hydroxylation is 1. The lowest BCUT2D eigenvalue weighted by molar-refractivity contribution is 0.543. The minimum Gasteiger partial charge on any atom is -0.329 e. The van der Waals surface area contributed by atoms with E-state index in [1.165, 1.54) is 19.3 Å². The molecule has 15 heavy (non-hydrogen) atoms. The summed E-state index contributed by atoms with van der Waals surface area (Å²) in [5.74, 6) is 0. The van der Waals surface area contributed by atoms with Crippen LogP contribution in [0.25, 0.3) is 0 Å². The van der Waals surface area contributed by atoms with Gasteiger partial charge < -0.3 is 9.88 Å². The molecule has 84 valence electrons. The Morgan fingerprint density at radius 2 is 2.47 bits per heavy atom. The van der Waals surface area contributed by atoms with Gasteiger partial charge in [-0.05, 0) is 25.8 Å². The smallest absolute Gasteiger partial charge is 0.167 e. The fraction of sp³-hybridized carbons (Fsp3) is 0.727. The molecule has 4 heteroatoms. The molecular weight excluding hydrogens is 206 g/mol. The van der Waals surface area contributed by atoms with Crippen LogP contribution in [0.4, 0.5) is 0 Å². The van der Waals surface area contributed by atoms with Gasteiger partial charge in [-0.15, -0.1) is 0 Å². The van der Waals surface area contributed by atoms with E-state index in [4.69, 9.17) is 0 Å². The third kappa shape index (κ3) is 2.75.